The predicted molar refractivity (Wildman–Crippen MR) is 127 cm³/mol. The molecule has 2 nitrogen and oxygen atoms in total. The normalized spacial score (nSPS) is 13.2. The van der Waals surface area contributed by atoms with Gasteiger partial charge in [0.25, 0.3) is 0 Å². The average Bonchev–Trinajstić information content (AvgIpc) is 2.71. The van der Waals surface area contributed by atoms with E-state index in [2.05, 4.69) is 62.0 Å². The van der Waals surface area contributed by atoms with Crippen LogP contribution in [0, 0.1) is 6.92 Å². The second kappa shape index (κ2) is 9.71. The van der Waals surface area contributed by atoms with Gasteiger partial charge in [0.05, 0.1) is 6.10 Å². The number of benzene rings is 3. The molecule has 9 heteroatoms. The van der Waals surface area contributed by atoms with Crippen molar-refractivity contribution in [1.82, 2.24) is 0 Å². The zero-order valence-electron chi connectivity index (χ0n) is 19.0. The second-order valence-electron chi connectivity index (χ2n) is 7.88. The molecule has 0 saturated carbocycles. The predicted octanol–water partition coefficient (Wildman–Crippen LogP) is 10.1. The SMILES string of the molecule is C=Cc1cc(OCc2ccc(-c3ccc(C)cc3)cc2)ccc1OC(C)C.F[P-](F)(F)(F)(F)F. The molecule has 0 N–H and O–H groups in total. The summed E-state index contributed by atoms with van der Waals surface area (Å²) in [7, 11) is -10.7. The van der Waals surface area contributed by atoms with E-state index in [9.17, 15) is 25.2 Å². The summed E-state index contributed by atoms with van der Waals surface area (Å²) >= 11 is 0. The van der Waals surface area contributed by atoms with Crippen LogP contribution >= 0.6 is 7.81 Å². The first-order valence-electron chi connectivity index (χ1n) is 10.3. The first kappa shape index (κ1) is 27.3. The molecule has 0 heterocycles. The van der Waals surface area contributed by atoms with Crippen LogP contribution < -0.4 is 9.47 Å². The van der Waals surface area contributed by atoms with Crippen LogP contribution in [0.15, 0.2) is 73.3 Å². The van der Waals surface area contributed by atoms with Crippen molar-refractivity contribution in [3.8, 4) is 22.6 Å². The molecule has 0 spiro atoms. The summed E-state index contributed by atoms with van der Waals surface area (Å²) in [6.45, 7) is 10.5. The van der Waals surface area contributed by atoms with Gasteiger partial charge in [-0.3, -0.25) is 0 Å². The van der Waals surface area contributed by atoms with Gasteiger partial charge < -0.3 is 9.47 Å². The van der Waals surface area contributed by atoms with E-state index in [1.54, 1.807) is 6.08 Å². The van der Waals surface area contributed by atoms with E-state index in [4.69, 9.17) is 9.47 Å². The first-order chi connectivity index (χ1) is 15.5. The third-order valence-corrected chi connectivity index (χ3v) is 4.31. The van der Waals surface area contributed by atoms with Crippen molar-refractivity contribution in [3.63, 3.8) is 0 Å². The molecule has 0 radical (unpaired) electrons. The van der Waals surface area contributed by atoms with E-state index in [0.29, 0.717) is 6.61 Å². The van der Waals surface area contributed by atoms with Gasteiger partial charge in [-0.05, 0) is 55.7 Å². The molecule has 0 amide bonds. The molecular weight excluding hydrogens is 477 g/mol. The Labute approximate surface area is 195 Å². The molecule has 0 aromatic heterocycles. The van der Waals surface area contributed by atoms with Gasteiger partial charge in [-0.25, -0.2) is 0 Å². The number of hydrogen-bond donors (Lipinski definition) is 0. The van der Waals surface area contributed by atoms with Crippen LogP contribution in [0.3, 0.4) is 0 Å². The fourth-order valence-corrected chi connectivity index (χ4v) is 2.84. The molecule has 0 aliphatic heterocycles. The number of ether oxygens (including phenoxy) is 2. The Hall–Kier alpha value is -2.99. The van der Waals surface area contributed by atoms with Crippen LogP contribution in [0.1, 0.15) is 30.5 Å². The van der Waals surface area contributed by atoms with Gasteiger partial charge in [-0.1, -0.05) is 66.7 Å². The number of rotatable bonds is 7. The fraction of sp³-hybridized carbons (Fsp3) is 0.200. The molecule has 186 valence electrons. The zero-order chi connectivity index (χ0) is 25.6. The monoisotopic (exact) mass is 503 g/mol. The molecule has 0 saturated heterocycles. The Bertz CT molecular complexity index is 1100. The molecular formula is C25H26F6O2P-. The van der Waals surface area contributed by atoms with Gasteiger partial charge in [-0.15, -0.1) is 0 Å². The van der Waals surface area contributed by atoms with Crippen molar-refractivity contribution in [3.05, 3.63) is 90.0 Å². The van der Waals surface area contributed by atoms with Crippen LogP contribution in [0.2, 0.25) is 0 Å². The molecule has 3 rings (SSSR count). The molecule has 0 aliphatic rings. The van der Waals surface area contributed by atoms with Crippen LogP contribution in [-0.4, -0.2) is 6.10 Å². The third kappa shape index (κ3) is 11.2. The quantitative estimate of drug-likeness (QED) is 0.236. The summed E-state index contributed by atoms with van der Waals surface area (Å²) in [6.07, 6.45) is 1.92. The number of halogens is 6. The molecule has 0 unspecified atom stereocenters. The molecule has 3 aromatic rings. The first-order valence-corrected chi connectivity index (χ1v) is 12.3. The van der Waals surface area contributed by atoms with Crippen molar-refractivity contribution in [1.29, 1.82) is 0 Å². The van der Waals surface area contributed by atoms with Crippen molar-refractivity contribution in [2.75, 3.05) is 0 Å². The van der Waals surface area contributed by atoms with E-state index in [1.165, 1.54) is 16.7 Å². The second-order valence-corrected chi connectivity index (χ2v) is 9.80. The van der Waals surface area contributed by atoms with Gasteiger partial charge in [0.1, 0.15) is 18.1 Å². The van der Waals surface area contributed by atoms with Crippen LogP contribution in [-0.2, 0) is 6.61 Å². The van der Waals surface area contributed by atoms with Gasteiger partial charge >= 0.3 is 33.0 Å². The number of hydrogen-bond acceptors (Lipinski definition) is 2. The maximum absolute atomic E-state index is 10.7. The molecule has 0 bridgehead atoms. The topological polar surface area (TPSA) is 18.5 Å². The van der Waals surface area contributed by atoms with Crippen molar-refractivity contribution in [2.45, 2.75) is 33.5 Å². The van der Waals surface area contributed by atoms with Gasteiger partial charge in [0, 0.05) is 5.56 Å². The molecule has 0 atom stereocenters. The van der Waals surface area contributed by atoms with E-state index < -0.39 is 7.81 Å². The Morgan fingerprint density at radius 1 is 0.824 bits per heavy atom. The number of aryl methyl sites for hydroxylation is 1. The van der Waals surface area contributed by atoms with E-state index >= 15 is 0 Å². The minimum atomic E-state index is -10.7. The Balaban J connectivity index is 0.000000509. The standard InChI is InChI=1S/C25H26O2.F6P/c1-5-21-16-24(14-15-25(21)27-18(2)3)26-17-20-8-12-23(13-9-20)22-10-6-19(4)7-11-22;1-7(2,3,4,5)6/h5-16,18H,1,17H2,2-4H3;/q;-1. The minimum absolute atomic E-state index is 0.127. The van der Waals surface area contributed by atoms with E-state index in [-0.39, 0.29) is 6.10 Å². The summed E-state index contributed by atoms with van der Waals surface area (Å²) in [5.74, 6) is 1.64. The van der Waals surface area contributed by atoms with Gasteiger partial charge in [0.15, 0.2) is 0 Å². The Morgan fingerprint density at radius 2 is 1.32 bits per heavy atom. The summed E-state index contributed by atoms with van der Waals surface area (Å²) in [6, 6.07) is 22.9. The van der Waals surface area contributed by atoms with Crippen molar-refractivity contribution < 1.29 is 34.7 Å². The third-order valence-electron chi connectivity index (χ3n) is 4.31. The average molecular weight is 503 g/mol. The van der Waals surface area contributed by atoms with Gasteiger partial charge in [0.2, 0.25) is 0 Å². The van der Waals surface area contributed by atoms with Gasteiger partial charge in [-0.2, -0.15) is 0 Å². The van der Waals surface area contributed by atoms with Crippen molar-refractivity contribution >= 4 is 13.9 Å². The van der Waals surface area contributed by atoms with Crippen LogP contribution in [0.25, 0.3) is 17.2 Å². The van der Waals surface area contributed by atoms with E-state index in [1.807, 2.05) is 32.0 Å². The summed E-state index contributed by atoms with van der Waals surface area (Å²) in [4.78, 5) is 0. The molecule has 0 fully saturated rings. The maximum atomic E-state index is 9.87. The summed E-state index contributed by atoms with van der Waals surface area (Å²) in [5, 5.41) is 0. The molecule has 34 heavy (non-hydrogen) atoms. The van der Waals surface area contributed by atoms with Crippen molar-refractivity contribution in [2.24, 2.45) is 0 Å². The van der Waals surface area contributed by atoms with E-state index in [0.717, 1.165) is 22.6 Å². The summed E-state index contributed by atoms with van der Waals surface area (Å²) in [5.41, 5.74) is 5.78. The fourth-order valence-electron chi connectivity index (χ4n) is 2.84. The summed E-state index contributed by atoms with van der Waals surface area (Å²) < 4.78 is 70.9. The van der Waals surface area contributed by atoms with Crippen LogP contribution in [0.5, 0.6) is 11.5 Å². The van der Waals surface area contributed by atoms with Crippen LogP contribution in [0.4, 0.5) is 25.2 Å². The molecule has 0 aliphatic carbocycles. The zero-order valence-corrected chi connectivity index (χ0v) is 19.8. The molecule has 3 aromatic carbocycles. The Morgan fingerprint density at radius 3 is 1.79 bits per heavy atom. The Kier molecular flexibility index (Phi) is 7.78.